The number of benzene rings is 2. The molecule has 1 aliphatic heterocycles. The SMILES string of the molecule is COc1cc([C@H]2CC(=O)c3cnc(N4CCN(c5ccccc5F)CC4)nc3C2)cc(OC)c1OC. The molecule has 1 fully saturated rings. The number of Topliss-reactive ketones (excluding diaryl/α,β-unsaturated/α-hetero) is 1. The number of rotatable bonds is 6. The highest BCUT2D eigenvalue weighted by molar-refractivity contribution is 5.98. The van der Waals surface area contributed by atoms with Crippen molar-refractivity contribution in [3.8, 4) is 17.2 Å². The monoisotopic (exact) mass is 492 g/mol. The van der Waals surface area contributed by atoms with Gasteiger partial charge in [0.2, 0.25) is 11.7 Å². The van der Waals surface area contributed by atoms with Gasteiger partial charge in [-0.05, 0) is 42.2 Å². The minimum atomic E-state index is -0.215. The molecule has 9 heteroatoms. The van der Waals surface area contributed by atoms with Crippen LogP contribution in [0, 0.1) is 5.82 Å². The van der Waals surface area contributed by atoms with Crippen LogP contribution < -0.4 is 24.0 Å². The largest absolute Gasteiger partial charge is 0.493 e. The number of fused-ring (bicyclic) bond motifs is 1. The van der Waals surface area contributed by atoms with Gasteiger partial charge in [0, 0.05) is 38.8 Å². The van der Waals surface area contributed by atoms with Crippen molar-refractivity contribution in [2.45, 2.75) is 18.8 Å². The Labute approximate surface area is 209 Å². The summed E-state index contributed by atoms with van der Waals surface area (Å²) in [5, 5.41) is 0. The van der Waals surface area contributed by atoms with Gasteiger partial charge in [0.15, 0.2) is 17.3 Å². The number of methoxy groups -OCH3 is 3. The molecule has 2 aromatic carbocycles. The van der Waals surface area contributed by atoms with Crippen LogP contribution in [0.4, 0.5) is 16.0 Å². The van der Waals surface area contributed by atoms with E-state index < -0.39 is 0 Å². The van der Waals surface area contributed by atoms with Gasteiger partial charge >= 0.3 is 0 Å². The number of halogens is 1. The molecule has 0 N–H and O–H groups in total. The lowest BCUT2D eigenvalue weighted by Crippen LogP contribution is -2.47. The molecule has 36 heavy (non-hydrogen) atoms. The number of piperazine rings is 1. The first-order chi connectivity index (χ1) is 17.5. The lowest BCUT2D eigenvalue weighted by atomic mass is 9.82. The summed E-state index contributed by atoms with van der Waals surface area (Å²) in [7, 11) is 4.72. The average molecular weight is 493 g/mol. The maximum absolute atomic E-state index is 14.2. The third-order valence-corrected chi connectivity index (χ3v) is 6.94. The molecular formula is C27H29FN4O4. The molecule has 1 atom stereocenters. The van der Waals surface area contributed by atoms with E-state index >= 15 is 0 Å². The fourth-order valence-electron chi connectivity index (χ4n) is 5.02. The van der Waals surface area contributed by atoms with Crippen molar-refractivity contribution >= 4 is 17.4 Å². The Kier molecular flexibility index (Phi) is 6.63. The van der Waals surface area contributed by atoms with Crippen LogP contribution in [-0.4, -0.2) is 63.3 Å². The van der Waals surface area contributed by atoms with Crippen LogP contribution in [0.2, 0.25) is 0 Å². The van der Waals surface area contributed by atoms with E-state index in [9.17, 15) is 9.18 Å². The van der Waals surface area contributed by atoms with Crippen molar-refractivity contribution in [3.05, 3.63) is 65.2 Å². The third-order valence-electron chi connectivity index (χ3n) is 6.94. The van der Waals surface area contributed by atoms with Crippen LogP contribution in [0.1, 0.15) is 34.0 Å². The Morgan fingerprint density at radius 2 is 1.58 bits per heavy atom. The minimum Gasteiger partial charge on any atom is -0.493 e. The molecule has 5 rings (SSSR count). The van der Waals surface area contributed by atoms with Gasteiger partial charge in [0.05, 0.1) is 38.3 Å². The Morgan fingerprint density at radius 3 is 2.22 bits per heavy atom. The van der Waals surface area contributed by atoms with Crippen molar-refractivity contribution in [1.82, 2.24) is 9.97 Å². The van der Waals surface area contributed by atoms with Crippen LogP contribution in [0.3, 0.4) is 0 Å². The van der Waals surface area contributed by atoms with Crippen molar-refractivity contribution in [3.63, 3.8) is 0 Å². The predicted molar refractivity (Wildman–Crippen MR) is 134 cm³/mol. The number of anilines is 2. The molecule has 2 aliphatic rings. The maximum atomic E-state index is 14.2. The predicted octanol–water partition coefficient (Wildman–Crippen LogP) is 3.88. The molecule has 0 unspecified atom stereocenters. The lowest BCUT2D eigenvalue weighted by Gasteiger charge is -2.36. The van der Waals surface area contributed by atoms with E-state index in [1.807, 2.05) is 23.1 Å². The van der Waals surface area contributed by atoms with Crippen LogP contribution in [-0.2, 0) is 6.42 Å². The van der Waals surface area contributed by atoms with Crippen LogP contribution in [0.5, 0.6) is 17.2 Å². The molecule has 0 amide bonds. The van der Waals surface area contributed by atoms with Gasteiger partial charge in [0.1, 0.15) is 5.82 Å². The Hall–Kier alpha value is -3.88. The molecule has 1 aliphatic carbocycles. The average Bonchev–Trinajstić information content (AvgIpc) is 2.92. The van der Waals surface area contributed by atoms with E-state index in [-0.39, 0.29) is 17.5 Å². The number of para-hydroxylation sites is 1. The molecule has 3 aromatic rings. The second-order valence-electron chi connectivity index (χ2n) is 8.94. The molecule has 0 radical (unpaired) electrons. The summed E-state index contributed by atoms with van der Waals surface area (Å²) in [6.45, 7) is 2.65. The molecule has 188 valence electrons. The highest BCUT2D eigenvalue weighted by Gasteiger charge is 2.31. The fourth-order valence-corrected chi connectivity index (χ4v) is 5.02. The van der Waals surface area contributed by atoms with Gasteiger partial charge < -0.3 is 24.0 Å². The minimum absolute atomic E-state index is 0.0194. The van der Waals surface area contributed by atoms with E-state index in [1.54, 1.807) is 39.7 Å². The molecule has 1 saturated heterocycles. The van der Waals surface area contributed by atoms with E-state index in [1.165, 1.54) is 6.07 Å². The number of carbonyl (C=O) groups is 1. The summed E-state index contributed by atoms with van der Waals surface area (Å²) >= 11 is 0. The smallest absolute Gasteiger partial charge is 0.225 e. The van der Waals surface area contributed by atoms with Gasteiger partial charge in [0.25, 0.3) is 0 Å². The molecule has 1 aromatic heterocycles. The number of carbonyl (C=O) groups excluding carboxylic acids is 1. The molecule has 0 bridgehead atoms. The van der Waals surface area contributed by atoms with Gasteiger partial charge in [-0.1, -0.05) is 12.1 Å². The van der Waals surface area contributed by atoms with E-state index in [0.717, 1.165) is 11.3 Å². The number of hydrogen-bond donors (Lipinski definition) is 0. The first-order valence-corrected chi connectivity index (χ1v) is 12.0. The van der Waals surface area contributed by atoms with E-state index in [4.69, 9.17) is 19.2 Å². The first-order valence-electron chi connectivity index (χ1n) is 12.0. The summed E-state index contributed by atoms with van der Waals surface area (Å²) in [6, 6.07) is 10.6. The van der Waals surface area contributed by atoms with E-state index in [2.05, 4.69) is 9.88 Å². The maximum Gasteiger partial charge on any atom is 0.225 e. The van der Waals surface area contributed by atoms with Gasteiger partial charge in [-0.2, -0.15) is 0 Å². The Morgan fingerprint density at radius 1 is 0.917 bits per heavy atom. The number of aromatic nitrogens is 2. The normalized spacial score (nSPS) is 17.6. The lowest BCUT2D eigenvalue weighted by molar-refractivity contribution is 0.0962. The standard InChI is InChI=1S/C27H29FN4O4/c1-34-24-14-18(15-25(35-2)26(24)36-3)17-12-21-19(23(33)13-17)16-29-27(30-21)32-10-8-31(9-11-32)22-7-5-4-6-20(22)28/h4-7,14-17H,8-13H2,1-3H3/t17-/m1/s1. The second-order valence-corrected chi connectivity index (χ2v) is 8.94. The molecular weight excluding hydrogens is 463 g/mol. The van der Waals surface area contributed by atoms with E-state index in [0.29, 0.717) is 73.5 Å². The second kappa shape index (κ2) is 10.0. The quantitative estimate of drug-likeness (QED) is 0.513. The molecule has 2 heterocycles. The fraction of sp³-hybridized carbons (Fsp3) is 0.370. The van der Waals surface area contributed by atoms with Crippen molar-refractivity contribution in [2.24, 2.45) is 0 Å². The van der Waals surface area contributed by atoms with Crippen molar-refractivity contribution in [1.29, 1.82) is 0 Å². The van der Waals surface area contributed by atoms with Crippen molar-refractivity contribution in [2.75, 3.05) is 57.3 Å². The van der Waals surface area contributed by atoms with Crippen molar-refractivity contribution < 1.29 is 23.4 Å². The number of nitrogens with zero attached hydrogens (tertiary/aromatic N) is 4. The highest BCUT2D eigenvalue weighted by Crippen LogP contribution is 2.42. The zero-order chi connectivity index (χ0) is 25.2. The topological polar surface area (TPSA) is 77.0 Å². The van der Waals surface area contributed by atoms with Gasteiger partial charge in [-0.15, -0.1) is 0 Å². The molecule has 0 saturated carbocycles. The molecule has 8 nitrogen and oxygen atoms in total. The first kappa shape index (κ1) is 23.8. The summed E-state index contributed by atoms with van der Waals surface area (Å²) in [6.07, 6.45) is 2.61. The van der Waals surface area contributed by atoms with Crippen LogP contribution in [0.15, 0.2) is 42.6 Å². The summed E-state index contributed by atoms with van der Waals surface area (Å²) < 4.78 is 30.6. The number of ketones is 1. The van der Waals surface area contributed by atoms with Gasteiger partial charge in [-0.3, -0.25) is 4.79 Å². The Bertz CT molecular complexity index is 1250. The van der Waals surface area contributed by atoms with Gasteiger partial charge in [-0.25, -0.2) is 14.4 Å². The summed E-state index contributed by atoms with van der Waals surface area (Å²) in [5.74, 6) is 1.96. The third kappa shape index (κ3) is 4.41. The number of ether oxygens (including phenoxy) is 3. The number of hydrogen-bond acceptors (Lipinski definition) is 8. The zero-order valence-corrected chi connectivity index (χ0v) is 20.7. The highest BCUT2D eigenvalue weighted by atomic mass is 19.1. The van der Waals surface area contributed by atoms with Crippen LogP contribution >= 0.6 is 0 Å². The van der Waals surface area contributed by atoms with Crippen LogP contribution in [0.25, 0.3) is 0 Å². The summed E-state index contributed by atoms with van der Waals surface area (Å²) in [5.41, 5.74) is 2.86. The Balaban J connectivity index is 1.36. The summed E-state index contributed by atoms with van der Waals surface area (Å²) in [4.78, 5) is 26.4. The molecule has 0 spiro atoms. The zero-order valence-electron chi connectivity index (χ0n) is 20.7.